The van der Waals surface area contributed by atoms with Gasteiger partial charge in [0.2, 0.25) is 0 Å². The van der Waals surface area contributed by atoms with Crippen LogP contribution in [-0.4, -0.2) is 34.8 Å². The van der Waals surface area contributed by atoms with Gasteiger partial charge >= 0.3 is 6.18 Å². The summed E-state index contributed by atoms with van der Waals surface area (Å²) in [4.78, 5) is 1.69. The predicted octanol–water partition coefficient (Wildman–Crippen LogP) is 3.81. The Morgan fingerprint density at radius 2 is 1.85 bits per heavy atom. The van der Waals surface area contributed by atoms with Gasteiger partial charge in [0.25, 0.3) is 0 Å². The van der Waals surface area contributed by atoms with Gasteiger partial charge in [-0.05, 0) is 42.4 Å². The topological polar surface area (TPSA) is 59.3 Å². The van der Waals surface area contributed by atoms with E-state index >= 15 is 0 Å². The molecule has 2 aromatic carbocycles. The fourth-order valence-corrected chi connectivity index (χ4v) is 2.80. The van der Waals surface area contributed by atoms with E-state index in [2.05, 4.69) is 5.32 Å². The lowest BCUT2D eigenvalue weighted by Crippen LogP contribution is -2.38. The monoisotopic (exact) mass is 393 g/mol. The molecule has 0 unspecified atom stereocenters. The Bertz CT molecular complexity index is 819. The van der Waals surface area contributed by atoms with Gasteiger partial charge in [-0.25, -0.2) is 0 Å². The van der Waals surface area contributed by atoms with Crippen LogP contribution >= 0.6 is 12.2 Å². The molecule has 2 N–H and O–H groups in total. The van der Waals surface area contributed by atoms with Crippen LogP contribution in [0.2, 0.25) is 0 Å². The Kier molecular flexibility index (Phi) is 7.16. The van der Waals surface area contributed by atoms with Crippen molar-refractivity contribution in [3.8, 4) is 6.07 Å². The number of anilines is 1. The minimum absolute atomic E-state index is 0.133. The van der Waals surface area contributed by atoms with Crippen molar-refractivity contribution in [2.24, 2.45) is 0 Å². The molecule has 2 rings (SSSR count). The third kappa shape index (κ3) is 5.94. The van der Waals surface area contributed by atoms with Gasteiger partial charge in [0.1, 0.15) is 0 Å². The maximum atomic E-state index is 13.1. The maximum Gasteiger partial charge on any atom is 0.417 e. The smallest absolute Gasteiger partial charge is 0.395 e. The summed E-state index contributed by atoms with van der Waals surface area (Å²) >= 11 is 5.29. The standard InChI is InChI=1S/C19H18F3N3OS/c20-19(21,22)17-12-16(7-6-15(17)13-23)24-18(27)25(10-11-26)9-8-14-4-2-1-3-5-14/h1-7,12,26H,8-11H2,(H,24,27). The van der Waals surface area contributed by atoms with E-state index in [4.69, 9.17) is 17.5 Å². The zero-order valence-corrected chi connectivity index (χ0v) is 15.1. The largest absolute Gasteiger partial charge is 0.417 e. The summed E-state index contributed by atoms with van der Waals surface area (Å²) < 4.78 is 39.3. The Hall–Kier alpha value is -2.63. The Morgan fingerprint density at radius 3 is 2.44 bits per heavy atom. The number of halogens is 3. The number of rotatable bonds is 6. The van der Waals surface area contributed by atoms with Crippen molar-refractivity contribution < 1.29 is 18.3 Å². The molecule has 0 amide bonds. The molecule has 0 atom stereocenters. The van der Waals surface area contributed by atoms with Crippen LogP contribution in [0.15, 0.2) is 48.5 Å². The van der Waals surface area contributed by atoms with E-state index < -0.39 is 17.3 Å². The van der Waals surface area contributed by atoms with Crippen LogP contribution in [0.4, 0.5) is 18.9 Å². The molecule has 0 bridgehead atoms. The number of benzene rings is 2. The van der Waals surface area contributed by atoms with E-state index in [1.165, 1.54) is 6.07 Å². The summed E-state index contributed by atoms with van der Waals surface area (Å²) in [5, 5.41) is 21.1. The van der Waals surface area contributed by atoms with Gasteiger partial charge in [-0.15, -0.1) is 0 Å². The maximum absolute atomic E-state index is 13.1. The van der Waals surface area contributed by atoms with Crippen LogP contribution in [0, 0.1) is 11.3 Å². The molecule has 0 saturated carbocycles. The number of hydrogen-bond acceptors (Lipinski definition) is 3. The van der Waals surface area contributed by atoms with Gasteiger partial charge in [0, 0.05) is 18.8 Å². The van der Waals surface area contributed by atoms with E-state index in [-0.39, 0.29) is 24.0 Å². The lowest BCUT2D eigenvalue weighted by Gasteiger charge is -2.25. The number of nitriles is 1. The van der Waals surface area contributed by atoms with Crippen molar-refractivity contribution in [3.63, 3.8) is 0 Å². The second-order valence-electron chi connectivity index (χ2n) is 5.75. The van der Waals surface area contributed by atoms with Crippen LogP contribution < -0.4 is 5.32 Å². The molecule has 0 heterocycles. The molecule has 0 aliphatic heterocycles. The second-order valence-corrected chi connectivity index (χ2v) is 6.13. The molecular weight excluding hydrogens is 375 g/mol. The fourth-order valence-electron chi connectivity index (χ4n) is 2.50. The summed E-state index contributed by atoms with van der Waals surface area (Å²) in [6, 6.07) is 14.5. The van der Waals surface area contributed by atoms with Crippen molar-refractivity contribution in [1.82, 2.24) is 4.90 Å². The summed E-state index contributed by atoms with van der Waals surface area (Å²) in [6.45, 7) is 0.609. The molecule has 0 saturated heterocycles. The molecular formula is C19H18F3N3OS. The predicted molar refractivity (Wildman–Crippen MR) is 101 cm³/mol. The van der Waals surface area contributed by atoms with Crippen molar-refractivity contribution in [1.29, 1.82) is 5.26 Å². The average Bonchev–Trinajstić information content (AvgIpc) is 2.65. The van der Waals surface area contributed by atoms with Gasteiger partial charge in [0.05, 0.1) is 23.8 Å². The van der Waals surface area contributed by atoms with Crippen LogP contribution in [-0.2, 0) is 12.6 Å². The normalized spacial score (nSPS) is 10.9. The Morgan fingerprint density at radius 1 is 1.15 bits per heavy atom. The number of alkyl halides is 3. The van der Waals surface area contributed by atoms with Crippen LogP contribution in [0.5, 0.6) is 0 Å². The highest BCUT2D eigenvalue weighted by Crippen LogP contribution is 2.33. The van der Waals surface area contributed by atoms with E-state index in [0.29, 0.717) is 13.0 Å². The zero-order chi connectivity index (χ0) is 19.9. The molecule has 0 aliphatic rings. The van der Waals surface area contributed by atoms with E-state index in [1.54, 1.807) is 11.0 Å². The molecule has 142 valence electrons. The van der Waals surface area contributed by atoms with Gasteiger partial charge in [-0.2, -0.15) is 18.4 Å². The first-order valence-corrected chi connectivity index (χ1v) is 8.58. The van der Waals surface area contributed by atoms with Crippen LogP contribution in [0.25, 0.3) is 0 Å². The molecule has 0 aliphatic carbocycles. The number of aliphatic hydroxyl groups excluding tert-OH is 1. The van der Waals surface area contributed by atoms with Crippen molar-refractivity contribution in [2.45, 2.75) is 12.6 Å². The molecule has 4 nitrogen and oxygen atoms in total. The summed E-state index contributed by atoms with van der Waals surface area (Å²) in [7, 11) is 0. The second kappa shape index (κ2) is 9.35. The molecule has 8 heteroatoms. The third-order valence-electron chi connectivity index (χ3n) is 3.87. The van der Waals surface area contributed by atoms with Crippen LogP contribution in [0.1, 0.15) is 16.7 Å². The molecule has 0 aromatic heterocycles. The molecule has 0 spiro atoms. The number of nitrogens with zero attached hydrogens (tertiary/aromatic N) is 2. The number of thiocarbonyl (C=S) groups is 1. The Labute approximate surface area is 160 Å². The van der Waals surface area contributed by atoms with E-state index in [0.717, 1.165) is 17.7 Å². The first-order valence-electron chi connectivity index (χ1n) is 8.17. The molecule has 0 radical (unpaired) electrons. The minimum Gasteiger partial charge on any atom is -0.395 e. The lowest BCUT2D eigenvalue weighted by atomic mass is 10.1. The third-order valence-corrected chi connectivity index (χ3v) is 4.23. The van der Waals surface area contributed by atoms with E-state index in [9.17, 15) is 18.3 Å². The highest BCUT2D eigenvalue weighted by atomic mass is 32.1. The number of hydrogen-bond donors (Lipinski definition) is 2. The first kappa shape index (κ1) is 20.7. The number of aliphatic hydroxyl groups is 1. The van der Waals surface area contributed by atoms with Crippen molar-refractivity contribution in [3.05, 3.63) is 65.2 Å². The first-order chi connectivity index (χ1) is 12.8. The molecule has 27 heavy (non-hydrogen) atoms. The quantitative estimate of drug-likeness (QED) is 0.731. The highest BCUT2D eigenvalue weighted by Gasteiger charge is 2.34. The highest BCUT2D eigenvalue weighted by molar-refractivity contribution is 7.80. The molecule has 2 aromatic rings. The fraction of sp³-hybridized carbons (Fsp3) is 0.263. The summed E-state index contributed by atoms with van der Waals surface area (Å²) in [5.74, 6) is 0. The van der Waals surface area contributed by atoms with Gasteiger partial charge in [-0.3, -0.25) is 0 Å². The van der Waals surface area contributed by atoms with Gasteiger partial charge < -0.3 is 15.3 Å². The van der Waals surface area contributed by atoms with Gasteiger partial charge in [-0.1, -0.05) is 30.3 Å². The van der Waals surface area contributed by atoms with Crippen LogP contribution in [0.3, 0.4) is 0 Å². The van der Waals surface area contributed by atoms with Crippen molar-refractivity contribution >= 4 is 23.0 Å². The summed E-state index contributed by atoms with van der Waals surface area (Å²) in [5.41, 5.74) is -0.249. The van der Waals surface area contributed by atoms with Crippen molar-refractivity contribution in [2.75, 3.05) is 25.0 Å². The summed E-state index contributed by atoms with van der Waals surface area (Å²) in [6.07, 6.45) is -3.97. The Balaban J connectivity index is 2.11. The zero-order valence-electron chi connectivity index (χ0n) is 14.3. The average molecular weight is 393 g/mol. The minimum atomic E-state index is -4.64. The SMILES string of the molecule is N#Cc1ccc(NC(=S)N(CCO)CCc2ccccc2)cc1C(F)(F)F. The lowest BCUT2D eigenvalue weighted by molar-refractivity contribution is -0.137. The van der Waals surface area contributed by atoms with E-state index in [1.807, 2.05) is 30.3 Å². The number of nitrogens with one attached hydrogen (secondary N) is 1. The van der Waals surface area contributed by atoms with Gasteiger partial charge in [0.15, 0.2) is 5.11 Å². The molecule has 0 fully saturated rings.